The highest BCUT2D eigenvalue weighted by molar-refractivity contribution is 8.18. The van der Waals surface area contributed by atoms with Crippen molar-refractivity contribution >= 4 is 51.9 Å². The second kappa shape index (κ2) is 14.7. The van der Waals surface area contributed by atoms with Gasteiger partial charge in [-0.15, -0.1) is 0 Å². The predicted molar refractivity (Wildman–Crippen MR) is 209 cm³/mol. The summed E-state index contributed by atoms with van der Waals surface area (Å²) < 4.78 is 12.0. The van der Waals surface area contributed by atoms with Crippen molar-refractivity contribution < 1.29 is 14.3 Å². The fourth-order valence-corrected chi connectivity index (χ4v) is 8.36. The van der Waals surface area contributed by atoms with Crippen LogP contribution in [0, 0.1) is 0 Å². The Balaban J connectivity index is 1.10. The van der Waals surface area contributed by atoms with Crippen LogP contribution in [0.15, 0.2) is 125 Å². The Kier molecular flexibility index (Phi) is 9.57. The number of amides is 1. The maximum Gasteiger partial charge on any atom is 0.264 e. The number of nitrogens with one attached hydrogen (secondary N) is 1. The molecule has 0 spiro atoms. The third-order valence-corrected chi connectivity index (χ3v) is 10.9. The summed E-state index contributed by atoms with van der Waals surface area (Å²) in [6.45, 7) is 4.88. The first-order chi connectivity index (χ1) is 25.0. The summed E-state index contributed by atoms with van der Waals surface area (Å²) in [5.41, 5.74) is 9.35. The van der Waals surface area contributed by atoms with Crippen LogP contribution < -0.4 is 19.7 Å². The van der Waals surface area contributed by atoms with Gasteiger partial charge in [-0.2, -0.15) is 0 Å². The number of anilines is 1. The molecule has 2 atom stereocenters. The third kappa shape index (κ3) is 7.14. The smallest absolute Gasteiger partial charge is 0.264 e. The van der Waals surface area contributed by atoms with E-state index in [0.717, 1.165) is 42.7 Å². The molecule has 5 aromatic rings. The molecule has 6 nitrogen and oxygen atoms in total. The Labute approximate surface area is 308 Å². The summed E-state index contributed by atoms with van der Waals surface area (Å²) in [5.74, 6) is 1.65. The number of ether oxygens (including phenoxy) is 2. The SMILES string of the molecule is CCOc1cc(/C=C2\SC(=Nc3cc4c5c(c3)[C@H](c3ccccc3)CCN5CC[C@H]4c3ccccc3)NC2=O)ccc1OCc1ccc(Cl)cc1. The maximum absolute atomic E-state index is 13.3. The molecule has 256 valence electrons. The molecular formula is C43H38ClN3O3S. The van der Waals surface area contributed by atoms with Crippen LogP contribution in [0.1, 0.15) is 65.0 Å². The monoisotopic (exact) mass is 711 g/mol. The Morgan fingerprint density at radius 3 is 2.10 bits per heavy atom. The van der Waals surface area contributed by atoms with Gasteiger partial charge in [0.1, 0.15) is 6.61 Å². The van der Waals surface area contributed by atoms with Gasteiger partial charge in [-0.25, -0.2) is 4.99 Å². The molecule has 0 saturated carbocycles. The molecule has 8 heteroatoms. The first-order valence-corrected chi connectivity index (χ1v) is 18.7. The predicted octanol–water partition coefficient (Wildman–Crippen LogP) is 10.1. The number of benzene rings is 5. The number of thioether (sulfide) groups is 1. The second-order valence-electron chi connectivity index (χ2n) is 13.0. The molecule has 5 aromatic carbocycles. The van der Waals surface area contributed by atoms with E-state index in [4.69, 9.17) is 26.1 Å². The molecule has 3 aliphatic rings. The molecule has 0 aliphatic carbocycles. The summed E-state index contributed by atoms with van der Waals surface area (Å²) >= 11 is 7.39. The highest BCUT2D eigenvalue weighted by atomic mass is 35.5. The lowest BCUT2D eigenvalue weighted by molar-refractivity contribution is -0.115. The quantitative estimate of drug-likeness (QED) is 0.154. The van der Waals surface area contributed by atoms with Crippen molar-refractivity contribution in [3.63, 3.8) is 0 Å². The minimum atomic E-state index is -0.172. The van der Waals surface area contributed by atoms with E-state index < -0.39 is 0 Å². The standard InChI is InChI=1S/C43H38ClN3O3S/c1-2-49-39-23-29(15-18-38(39)50-27-28-13-16-32(44)17-14-28)24-40-42(48)46-43(51-40)45-33-25-36-34(30-9-5-3-6-10-30)19-21-47-22-20-35(37(26-33)41(36)47)31-11-7-4-8-12-31/h3-18,23-26,34-35H,2,19-22,27H2,1H3,(H,45,46,48)/b40-24-/t34-,35-/m0/s1. The van der Waals surface area contributed by atoms with Crippen LogP contribution in [0.2, 0.25) is 5.02 Å². The number of amidine groups is 1. The van der Waals surface area contributed by atoms with Crippen molar-refractivity contribution in [2.75, 3.05) is 24.6 Å². The summed E-state index contributed by atoms with van der Waals surface area (Å²) in [6, 6.07) is 39.4. The number of hydrogen-bond acceptors (Lipinski definition) is 6. The summed E-state index contributed by atoms with van der Waals surface area (Å²) in [4.78, 5) is 21.5. The Morgan fingerprint density at radius 1 is 0.824 bits per heavy atom. The van der Waals surface area contributed by atoms with Crippen molar-refractivity contribution in [3.05, 3.63) is 159 Å². The highest BCUT2D eigenvalue weighted by Crippen LogP contribution is 2.50. The minimum absolute atomic E-state index is 0.172. The number of aliphatic imine (C=N–C) groups is 1. The van der Waals surface area contributed by atoms with Crippen LogP contribution >= 0.6 is 23.4 Å². The first kappa shape index (κ1) is 33.2. The van der Waals surface area contributed by atoms with Gasteiger partial charge in [-0.3, -0.25) is 4.79 Å². The van der Waals surface area contributed by atoms with E-state index in [1.54, 1.807) is 0 Å². The van der Waals surface area contributed by atoms with Crippen LogP contribution in [-0.4, -0.2) is 30.8 Å². The second-order valence-corrected chi connectivity index (χ2v) is 14.5. The molecule has 1 amide bonds. The topological polar surface area (TPSA) is 63.2 Å². The van der Waals surface area contributed by atoms with Gasteiger partial charge in [-0.1, -0.05) is 90.5 Å². The summed E-state index contributed by atoms with van der Waals surface area (Å²) in [7, 11) is 0. The van der Waals surface area contributed by atoms with Gasteiger partial charge >= 0.3 is 0 Å². The Hall–Kier alpha value is -4.98. The van der Waals surface area contributed by atoms with E-state index in [9.17, 15) is 4.79 Å². The number of carbonyl (C=O) groups is 1. The van der Waals surface area contributed by atoms with Gasteiger partial charge < -0.3 is 19.7 Å². The first-order valence-electron chi connectivity index (χ1n) is 17.5. The van der Waals surface area contributed by atoms with Gasteiger partial charge in [0, 0.05) is 35.6 Å². The fourth-order valence-electron chi connectivity index (χ4n) is 7.40. The molecule has 3 heterocycles. The van der Waals surface area contributed by atoms with E-state index in [1.165, 1.54) is 39.7 Å². The summed E-state index contributed by atoms with van der Waals surface area (Å²) in [5, 5.41) is 4.28. The number of rotatable bonds is 9. The largest absolute Gasteiger partial charge is 0.490 e. The molecular weight excluding hydrogens is 674 g/mol. The van der Waals surface area contributed by atoms with Gasteiger partial charge in [0.25, 0.3) is 5.91 Å². The number of halogens is 1. The van der Waals surface area contributed by atoms with E-state index >= 15 is 0 Å². The van der Waals surface area contributed by atoms with Crippen molar-refractivity contribution in [2.45, 2.75) is 38.2 Å². The van der Waals surface area contributed by atoms with Gasteiger partial charge in [-0.05, 0) is 107 Å². The molecule has 8 rings (SSSR count). The highest BCUT2D eigenvalue weighted by Gasteiger charge is 2.35. The zero-order valence-electron chi connectivity index (χ0n) is 28.3. The average Bonchev–Trinajstić information content (AvgIpc) is 3.50. The lowest BCUT2D eigenvalue weighted by Gasteiger charge is -2.43. The molecule has 0 unspecified atom stereocenters. The van der Waals surface area contributed by atoms with Crippen molar-refractivity contribution in [2.24, 2.45) is 4.99 Å². The molecule has 1 N–H and O–H groups in total. The summed E-state index contributed by atoms with van der Waals surface area (Å²) in [6.07, 6.45) is 3.98. The molecule has 1 fully saturated rings. The van der Waals surface area contributed by atoms with Crippen molar-refractivity contribution in [1.82, 2.24) is 5.32 Å². The maximum atomic E-state index is 13.3. The lowest BCUT2D eigenvalue weighted by atomic mass is 9.76. The van der Waals surface area contributed by atoms with E-state index in [1.807, 2.05) is 55.5 Å². The molecule has 0 radical (unpaired) electrons. The minimum Gasteiger partial charge on any atom is -0.490 e. The van der Waals surface area contributed by atoms with Crippen LogP contribution in [0.3, 0.4) is 0 Å². The number of hydrogen-bond donors (Lipinski definition) is 1. The number of nitrogens with zero attached hydrogens (tertiary/aromatic N) is 2. The van der Waals surface area contributed by atoms with E-state index in [-0.39, 0.29) is 17.7 Å². The average molecular weight is 712 g/mol. The van der Waals surface area contributed by atoms with Crippen LogP contribution in [0.5, 0.6) is 11.5 Å². The lowest BCUT2D eigenvalue weighted by Crippen LogP contribution is -2.37. The van der Waals surface area contributed by atoms with Gasteiger partial charge in [0.05, 0.1) is 17.2 Å². The fraction of sp³-hybridized carbons (Fsp3) is 0.209. The molecule has 3 aliphatic heterocycles. The Bertz CT molecular complexity index is 2050. The Morgan fingerprint density at radius 2 is 1.47 bits per heavy atom. The van der Waals surface area contributed by atoms with Crippen LogP contribution in [-0.2, 0) is 11.4 Å². The molecule has 0 aromatic heterocycles. The molecule has 1 saturated heterocycles. The number of carbonyl (C=O) groups excluding carboxylic acids is 1. The molecule has 0 bridgehead atoms. The molecule has 51 heavy (non-hydrogen) atoms. The van der Waals surface area contributed by atoms with E-state index in [0.29, 0.717) is 39.8 Å². The van der Waals surface area contributed by atoms with E-state index in [2.05, 4.69) is 83.0 Å². The van der Waals surface area contributed by atoms with Crippen molar-refractivity contribution in [1.29, 1.82) is 0 Å². The van der Waals surface area contributed by atoms with Crippen LogP contribution in [0.25, 0.3) is 6.08 Å². The van der Waals surface area contributed by atoms with Crippen LogP contribution in [0.4, 0.5) is 11.4 Å². The van der Waals surface area contributed by atoms with Crippen molar-refractivity contribution in [3.8, 4) is 11.5 Å². The van der Waals surface area contributed by atoms with Gasteiger partial charge in [0.2, 0.25) is 0 Å². The zero-order chi connectivity index (χ0) is 34.7. The zero-order valence-corrected chi connectivity index (χ0v) is 29.9. The third-order valence-electron chi connectivity index (χ3n) is 9.75. The normalized spacial score (nSPS) is 19.6. The van der Waals surface area contributed by atoms with Gasteiger partial charge in [0.15, 0.2) is 16.7 Å².